The first-order chi connectivity index (χ1) is 9.08. The van der Waals surface area contributed by atoms with Crippen LogP contribution in [0.3, 0.4) is 0 Å². The van der Waals surface area contributed by atoms with Crippen molar-refractivity contribution in [3.63, 3.8) is 0 Å². The lowest BCUT2D eigenvalue weighted by Gasteiger charge is -2.19. The van der Waals surface area contributed by atoms with Crippen molar-refractivity contribution in [1.82, 2.24) is 0 Å². The predicted molar refractivity (Wildman–Crippen MR) is 57.6 cm³/mol. The first-order valence-electron chi connectivity index (χ1n) is 5.05. The number of ether oxygens (including phenoxy) is 1. The van der Waals surface area contributed by atoms with Crippen molar-refractivity contribution in [2.24, 2.45) is 0 Å². The number of rotatable bonds is 5. The highest BCUT2D eigenvalue weighted by atomic mass is 35.5. The maximum Gasteiger partial charge on any atom is 0.444 e. The maximum atomic E-state index is 12.8. The Bertz CT molecular complexity index is 457. The molecule has 0 amide bonds. The molecule has 0 aliphatic rings. The first kappa shape index (κ1) is 16.6. The highest BCUT2D eigenvalue weighted by Gasteiger charge is 2.43. The Hall–Kier alpha value is -1.44. The van der Waals surface area contributed by atoms with Gasteiger partial charge in [0.1, 0.15) is 18.0 Å². The van der Waals surface area contributed by atoms with Crippen LogP contribution < -0.4 is 4.74 Å². The predicted octanol–water partition coefficient (Wildman–Crippen LogP) is 4.04. The van der Waals surface area contributed by atoms with Crippen molar-refractivity contribution in [1.29, 1.82) is 0 Å². The molecule has 2 atom stereocenters. The fourth-order valence-electron chi connectivity index (χ4n) is 1.29. The number of benzene rings is 1. The van der Waals surface area contributed by atoms with Gasteiger partial charge >= 0.3 is 12.3 Å². The van der Waals surface area contributed by atoms with Crippen LogP contribution in [0.1, 0.15) is 11.5 Å². The molecule has 0 saturated heterocycles. The SMILES string of the molecule is O=CC(c1ccc(OC(F)(F)C(F)Cl)cc1)C(F)(F)F. The summed E-state index contributed by atoms with van der Waals surface area (Å²) >= 11 is 4.55. The molecule has 0 radical (unpaired) electrons. The third-order valence-corrected chi connectivity index (χ3v) is 2.49. The van der Waals surface area contributed by atoms with Gasteiger partial charge < -0.3 is 9.53 Å². The molecule has 112 valence electrons. The molecule has 0 heterocycles. The molecule has 1 aromatic rings. The zero-order valence-corrected chi connectivity index (χ0v) is 10.3. The molecule has 1 aromatic carbocycles. The number of hydrogen-bond acceptors (Lipinski definition) is 2. The Morgan fingerprint density at radius 2 is 1.60 bits per heavy atom. The van der Waals surface area contributed by atoms with Crippen molar-refractivity contribution in [3.05, 3.63) is 29.8 Å². The number of hydrogen-bond donors (Lipinski definition) is 0. The van der Waals surface area contributed by atoms with Gasteiger partial charge in [-0.15, -0.1) is 0 Å². The van der Waals surface area contributed by atoms with E-state index in [9.17, 15) is 31.1 Å². The van der Waals surface area contributed by atoms with E-state index in [-0.39, 0.29) is 6.29 Å². The zero-order valence-electron chi connectivity index (χ0n) is 9.50. The number of halogens is 7. The summed E-state index contributed by atoms with van der Waals surface area (Å²) in [5.74, 6) is -2.96. The lowest BCUT2D eigenvalue weighted by Crippen LogP contribution is -2.32. The number of carbonyl (C=O) groups excluding carboxylic acids is 1. The van der Waals surface area contributed by atoms with Crippen molar-refractivity contribution in [2.75, 3.05) is 0 Å². The Kier molecular flexibility index (Phi) is 4.90. The highest BCUT2D eigenvalue weighted by molar-refractivity contribution is 6.20. The van der Waals surface area contributed by atoms with E-state index in [1.807, 2.05) is 0 Å². The summed E-state index contributed by atoms with van der Waals surface area (Å²) in [6.45, 7) is 0. The van der Waals surface area contributed by atoms with E-state index in [0.29, 0.717) is 0 Å². The Balaban J connectivity index is 2.92. The van der Waals surface area contributed by atoms with Gasteiger partial charge in [-0.1, -0.05) is 23.7 Å². The van der Waals surface area contributed by atoms with Gasteiger partial charge in [-0.05, 0) is 17.7 Å². The van der Waals surface area contributed by atoms with Crippen LogP contribution >= 0.6 is 11.6 Å². The van der Waals surface area contributed by atoms with Gasteiger partial charge in [0.15, 0.2) is 0 Å². The molecule has 0 N–H and O–H groups in total. The van der Waals surface area contributed by atoms with Crippen LogP contribution in [-0.4, -0.2) is 24.2 Å². The van der Waals surface area contributed by atoms with Crippen LogP contribution in [-0.2, 0) is 4.79 Å². The second kappa shape index (κ2) is 5.90. The minimum absolute atomic E-state index is 0.319. The van der Waals surface area contributed by atoms with E-state index in [0.717, 1.165) is 24.3 Å². The molecule has 0 aliphatic carbocycles. The van der Waals surface area contributed by atoms with Crippen LogP contribution in [0.15, 0.2) is 24.3 Å². The van der Waals surface area contributed by atoms with Crippen molar-refractivity contribution in [2.45, 2.75) is 23.8 Å². The molecule has 0 spiro atoms. The minimum atomic E-state index is -4.80. The van der Waals surface area contributed by atoms with Crippen molar-refractivity contribution in [3.8, 4) is 5.75 Å². The second-order valence-electron chi connectivity index (χ2n) is 3.69. The molecule has 9 heteroatoms. The largest absolute Gasteiger partial charge is 0.444 e. The first-order valence-corrected chi connectivity index (χ1v) is 5.48. The molecule has 1 rings (SSSR count). The monoisotopic (exact) mass is 320 g/mol. The summed E-state index contributed by atoms with van der Waals surface area (Å²) in [6, 6.07) is 3.06. The third-order valence-electron chi connectivity index (χ3n) is 2.24. The van der Waals surface area contributed by atoms with Gasteiger partial charge in [0.25, 0.3) is 5.63 Å². The summed E-state index contributed by atoms with van der Waals surface area (Å²) in [5.41, 5.74) is -3.56. The van der Waals surface area contributed by atoms with Gasteiger partial charge in [-0.2, -0.15) is 22.0 Å². The van der Waals surface area contributed by atoms with Crippen LogP contribution in [0.5, 0.6) is 5.75 Å². The minimum Gasteiger partial charge on any atom is -0.429 e. The lowest BCUT2D eigenvalue weighted by atomic mass is 10.0. The van der Waals surface area contributed by atoms with E-state index >= 15 is 0 Å². The van der Waals surface area contributed by atoms with E-state index in [2.05, 4.69) is 16.3 Å². The Labute approximate surface area is 114 Å². The summed E-state index contributed by atoms with van der Waals surface area (Å²) < 4.78 is 79.1. The van der Waals surface area contributed by atoms with E-state index in [4.69, 9.17) is 0 Å². The Morgan fingerprint density at radius 1 is 1.10 bits per heavy atom. The van der Waals surface area contributed by atoms with Crippen LogP contribution in [0.25, 0.3) is 0 Å². The van der Waals surface area contributed by atoms with E-state index in [1.54, 1.807) is 0 Å². The quantitative estimate of drug-likeness (QED) is 0.465. The third kappa shape index (κ3) is 4.03. The summed E-state index contributed by atoms with van der Waals surface area (Å²) in [4.78, 5) is 10.4. The van der Waals surface area contributed by atoms with Gasteiger partial charge in [-0.25, -0.2) is 4.39 Å². The molecular formula is C11H7ClF6O2. The topological polar surface area (TPSA) is 26.3 Å². The van der Waals surface area contributed by atoms with Gasteiger partial charge in [0.05, 0.1) is 0 Å². The smallest absolute Gasteiger partial charge is 0.429 e. The molecular weight excluding hydrogens is 314 g/mol. The highest BCUT2D eigenvalue weighted by Crippen LogP contribution is 2.35. The molecule has 20 heavy (non-hydrogen) atoms. The maximum absolute atomic E-state index is 12.8. The van der Waals surface area contributed by atoms with Crippen molar-refractivity contribution >= 4 is 17.9 Å². The summed E-state index contributed by atoms with van der Waals surface area (Å²) in [7, 11) is 0. The average molecular weight is 321 g/mol. The molecule has 0 fully saturated rings. The molecule has 2 nitrogen and oxygen atoms in total. The summed E-state index contributed by atoms with van der Waals surface area (Å²) in [5, 5.41) is 0. The molecule has 0 saturated carbocycles. The van der Waals surface area contributed by atoms with E-state index in [1.165, 1.54) is 0 Å². The molecule has 0 aliphatic heterocycles. The zero-order chi connectivity index (χ0) is 15.6. The molecule has 0 aromatic heterocycles. The lowest BCUT2D eigenvalue weighted by molar-refractivity contribution is -0.199. The van der Waals surface area contributed by atoms with Crippen LogP contribution in [0.4, 0.5) is 26.3 Å². The van der Waals surface area contributed by atoms with Gasteiger partial charge in [-0.3, -0.25) is 0 Å². The number of alkyl halides is 7. The number of aldehydes is 1. The number of carbonyl (C=O) groups is 1. The summed E-state index contributed by atoms with van der Waals surface area (Å²) in [6.07, 6.45) is -9.44. The fourth-order valence-corrected chi connectivity index (χ4v) is 1.33. The molecule has 0 bridgehead atoms. The second-order valence-corrected chi connectivity index (χ2v) is 4.07. The normalized spacial score (nSPS) is 15.6. The Morgan fingerprint density at radius 3 is 1.95 bits per heavy atom. The van der Waals surface area contributed by atoms with Gasteiger partial charge in [0.2, 0.25) is 0 Å². The average Bonchev–Trinajstić information content (AvgIpc) is 2.30. The van der Waals surface area contributed by atoms with Gasteiger partial charge in [0, 0.05) is 0 Å². The molecule has 2 unspecified atom stereocenters. The van der Waals surface area contributed by atoms with Crippen LogP contribution in [0, 0.1) is 0 Å². The fraction of sp³-hybridized carbons (Fsp3) is 0.364. The van der Waals surface area contributed by atoms with E-state index < -0.39 is 35.1 Å². The van der Waals surface area contributed by atoms with Crippen molar-refractivity contribution < 1.29 is 35.9 Å². The standard InChI is InChI=1S/C11H7ClF6O2/c12-9(13)11(17,18)20-7-3-1-6(2-4-7)8(5-19)10(14,15)16/h1-5,8-9H. The van der Waals surface area contributed by atoms with Crippen LogP contribution in [0.2, 0.25) is 0 Å².